The van der Waals surface area contributed by atoms with Gasteiger partial charge in [-0.05, 0) is 31.9 Å². The first-order chi connectivity index (χ1) is 14.8. The molecule has 4 rings (SSSR count). The second kappa shape index (κ2) is 7.95. The third kappa shape index (κ3) is 3.93. The number of ketones is 1. The minimum Gasteiger partial charge on any atom is -0.430 e. The zero-order chi connectivity index (χ0) is 22.3. The Morgan fingerprint density at radius 3 is 2.74 bits per heavy atom. The normalized spacial score (nSPS) is 25.4. The number of hydrogen-bond donors (Lipinski definition) is 3. The van der Waals surface area contributed by atoms with E-state index in [1.54, 1.807) is 0 Å². The summed E-state index contributed by atoms with van der Waals surface area (Å²) in [6, 6.07) is 6.38. The van der Waals surface area contributed by atoms with Gasteiger partial charge in [-0.1, -0.05) is 23.8 Å². The maximum Gasteiger partial charge on any atom is 0.316 e. The molecular formula is C21H25N7O3. The summed E-state index contributed by atoms with van der Waals surface area (Å²) in [6.45, 7) is 7.34. The number of nitrogens with one attached hydrogen (secondary N) is 2. The van der Waals surface area contributed by atoms with Crippen molar-refractivity contribution in [3.63, 3.8) is 0 Å². The number of nitrogens with zero attached hydrogens (tertiary/aromatic N) is 4. The van der Waals surface area contributed by atoms with E-state index in [0.717, 1.165) is 22.9 Å². The highest BCUT2D eigenvalue weighted by atomic mass is 16.5. The molecule has 0 bridgehead atoms. The Balaban J connectivity index is 1.58. The molecule has 2 aliphatic heterocycles. The smallest absolute Gasteiger partial charge is 0.316 e. The van der Waals surface area contributed by atoms with Gasteiger partial charge < -0.3 is 25.2 Å². The molecule has 0 spiro atoms. The van der Waals surface area contributed by atoms with Gasteiger partial charge in [0.2, 0.25) is 0 Å². The van der Waals surface area contributed by atoms with Gasteiger partial charge >= 0.3 is 6.01 Å². The first kappa shape index (κ1) is 20.7. The van der Waals surface area contributed by atoms with Crippen LogP contribution in [0, 0.1) is 12.3 Å². The first-order valence-corrected chi connectivity index (χ1v) is 9.98. The first-order valence-electron chi connectivity index (χ1n) is 9.98. The number of oxazole rings is 1. The van der Waals surface area contributed by atoms with E-state index in [1.807, 2.05) is 24.8 Å². The van der Waals surface area contributed by atoms with Gasteiger partial charge in [0, 0.05) is 6.92 Å². The topological polar surface area (TPSA) is 142 Å². The Morgan fingerprint density at radius 2 is 2.13 bits per heavy atom. The molecule has 4 unspecified atom stereocenters. The summed E-state index contributed by atoms with van der Waals surface area (Å²) in [5.41, 5.74) is 12.1. The highest BCUT2D eigenvalue weighted by molar-refractivity contribution is 6.29. The average molecular weight is 423 g/mol. The van der Waals surface area contributed by atoms with Crippen LogP contribution in [0.3, 0.4) is 0 Å². The third-order valence-electron chi connectivity index (χ3n) is 5.41. The lowest BCUT2D eigenvalue weighted by Crippen LogP contribution is -2.21. The van der Waals surface area contributed by atoms with E-state index in [4.69, 9.17) is 20.3 Å². The second-order valence-corrected chi connectivity index (χ2v) is 7.71. The number of nitrogens with two attached hydrogens (primary N) is 1. The summed E-state index contributed by atoms with van der Waals surface area (Å²) in [5.74, 6) is 0.673. The predicted octanol–water partition coefficient (Wildman–Crippen LogP) is 2.78. The number of anilines is 1. The Bertz CT molecular complexity index is 1090. The van der Waals surface area contributed by atoms with E-state index in [2.05, 4.69) is 39.6 Å². The lowest BCUT2D eigenvalue weighted by atomic mass is 9.96. The summed E-state index contributed by atoms with van der Waals surface area (Å²) >= 11 is 0. The van der Waals surface area contributed by atoms with Crippen molar-refractivity contribution in [3.05, 3.63) is 46.8 Å². The molecule has 162 valence electrons. The van der Waals surface area contributed by atoms with Gasteiger partial charge in [-0.3, -0.25) is 4.79 Å². The molecule has 0 aliphatic carbocycles. The fourth-order valence-electron chi connectivity index (χ4n) is 3.86. The number of Topliss-reactive ketones (excluding diaryl/α,β-unsaturated/α-hetero) is 1. The number of carbonyl (C=O) groups excluding carboxylic acids is 1. The zero-order valence-electron chi connectivity index (χ0n) is 17.8. The number of carbonyl (C=O) groups is 1. The summed E-state index contributed by atoms with van der Waals surface area (Å²) in [6.07, 6.45) is 1.75. The van der Waals surface area contributed by atoms with E-state index >= 15 is 0 Å². The average Bonchev–Trinajstić information content (AvgIpc) is 3.06. The number of hydrogen-bond acceptors (Lipinski definition) is 9. The van der Waals surface area contributed by atoms with Crippen LogP contribution >= 0.6 is 0 Å². The van der Waals surface area contributed by atoms with Gasteiger partial charge in [-0.25, -0.2) is 10.4 Å². The second-order valence-electron chi connectivity index (χ2n) is 7.71. The Labute approximate surface area is 179 Å². The van der Waals surface area contributed by atoms with Gasteiger partial charge in [-0.15, -0.1) is 0 Å². The van der Waals surface area contributed by atoms with Crippen LogP contribution < -0.4 is 11.2 Å². The minimum absolute atomic E-state index is 0.00222. The third-order valence-corrected chi connectivity index (χ3v) is 5.41. The Hall–Kier alpha value is -3.53. The van der Waals surface area contributed by atoms with Crippen molar-refractivity contribution in [1.29, 1.82) is 5.41 Å². The highest BCUT2D eigenvalue weighted by Gasteiger charge is 2.48. The van der Waals surface area contributed by atoms with Crippen molar-refractivity contribution in [1.82, 2.24) is 9.88 Å². The van der Waals surface area contributed by atoms with Crippen LogP contribution in [-0.4, -0.2) is 45.8 Å². The largest absolute Gasteiger partial charge is 0.430 e. The summed E-state index contributed by atoms with van der Waals surface area (Å²) < 4.78 is 11.1. The monoisotopic (exact) mass is 423 g/mol. The van der Waals surface area contributed by atoms with E-state index in [0.29, 0.717) is 11.7 Å². The molecule has 1 aromatic heterocycles. The summed E-state index contributed by atoms with van der Waals surface area (Å²) in [7, 11) is 0. The van der Waals surface area contributed by atoms with Gasteiger partial charge in [0.25, 0.3) is 0 Å². The lowest BCUT2D eigenvalue weighted by molar-refractivity contribution is 0.0614. The molecule has 31 heavy (non-hydrogen) atoms. The van der Waals surface area contributed by atoms with Gasteiger partial charge in [0.05, 0.1) is 18.3 Å². The lowest BCUT2D eigenvalue weighted by Gasteiger charge is -2.17. The van der Waals surface area contributed by atoms with Crippen molar-refractivity contribution in [2.24, 2.45) is 15.8 Å². The molecule has 1 fully saturated rings. The van der Waals surface area contributed by atoms with E-state index in [9.17, 15) is 4.79 Å². The number of aliphatic imine (C=N–C) groups is 1. The molecule has 1 saturated heterocycles. The fraction of sp³-hybridized carbons (Fsp3) is 0.381. The molecule has 4 atom stereocenters. The quantitative estimate of drug-likeness (QED) is 0.213. The Kier molecular flexibility index (Phi) is 5.32. The van der Waals surface area contributed by atoms with Crippen LogP contribution in [0.1, 0.15) is 60.1 Å². The minimum atomic E-state index is -0.393. The number of aromatic nitrogens is 1. The molecule has 2 aromatic rings. The van der Waals surface area contributed by atoms with Crippen molar-refractivity contribution >= 4 is 29.7 Å². The van der Waals surface area contributed by atoms with Crippen LogP contribution in [0.15, 0.2) is 39.0 Å². The highest BCUT2D eigenvalue weighted by Crippen LogP contribution is 2.46. The standard InChI is InChI=1S/C21H25N7O3/c1-10-5-6-14(15(7-10)19-20(23)24-13(4)31-19)18-11(2)28(18)17(8-22)26-27-21-25-16(9-30-21)12(3)29/h5-9,11,13,18-19,22H,1-4H3,(H2,23,24)(H,25,27). The maximum absolute atomic E-state index is 11.4. The van der Waals surface area contributed by atoms with E-state index in [1.165, 1.54) is 13.2 Å². The number of benzene rings is 1. The maximum atomic E-state index is 11.4. The SMILES string of the molecule is CC(=O)c1coc(NN=C(C=N)N2C(C)C2c2ccc(C)cc2C2OC(C)N=C2N)n1. The van der Waals surface area contributed by atoms with Crippen molar-refractivity contribution in [2.45, 2.75) is 52.1 Å². The molecule has 2 aliphatic rings. The van der Waals surface area contributed by atoms with Gasteiger partial charge in [0.15, 0.2) is 11.6 Å². The van der Waals surface area contributed by atoms with Crippen LogP contribution in [0.2, 0.25) is 0 Å². The molecule has 0 radical (unpaired) electrons. The molecule has 10 heteroatoms. The predicted molar refractivity (Wildman–Crippen MR) is 116 cm³/mol. The molecule has 4 N–H and O–H groups in total. The molecule has 0 saturated carbocycles. The number of rotatable bonds is 6. The molecule has 10 nitrogen and oxygen atoms in total. The fourth-order valence-corrected chi connectivity index (χ4v) is 3.86. The number of ether oxygens (including phenoxy) is 1. The van der Waals surface area contributed by atoms with Crippen molar-refractivity contribution < 1.29 is 13.9 Å². The number of hydrazone groups is 1. The number of amidine groups is 2. The molecule has 0 amide bonds. The van der Waals surface area contributed by atoms with E-state index in [-0.39, 0.29) is 35.8 Å². The van der Waals surface area contributed by atoms with Crippen LogP contribution in [0.4, 0.5) is 6.01 Å². The van der Waals surface area contributed by atoms with Crippen LogP contribution in [-0.2, 0) is 4.74 Å². The van der Waals surface area contributed by atoms with Crippen molar-refractivity contribution in [2.75, 3.05) is 5.43 Å². The van der Waals surface area contributed by atoms with Gasteiger partial charge in [0.1, 0.15) is 30.1 Å². The van der Waals surface area contributed by atoms with Crippen LogP contribution in [0.25, 0.3) is 0 Å². The molecule has 3 heterocycles. The summed E-state index contributed by atoms with van der Waals surface area (Å²) in [4.78, 5) is 21.7. The van der Waals surface area contributed by atoms with Crippen molar-refractivity contribution in [3.8, 4) is 0 Å². The molecule has 1 aromatic carbocycles. The summed E-state index contributed by atoms with van der Waals surface area (Å²) in [5, 5.41) is 12.1. The Morgan fingerprint density at radius 1 is 1.35 bits per heavy atom. The van der Waals surface area contributed by atoms with E-state index < -0.39 is 6.10 Å². The van der Waals surface area contributed by atoms with Gasteiger partial charge in [-0.2, -0.15) is 10.1 Å². The molecular weight excluding hydrogens is 398 g/mol. The number of aryl methyl sites for hydroxylation is 1. The zero-order valence-corrected chi connectivity index (χ0v) is 17.8. The van der Waals surface area contributed by atoms with Crippen LogP contribution in [0.5, 0.6) is 0 Å².